The molecule has 0 spiro atoms. The third kappa shape index (κ3) is 7.81. The second kappa shape index (κ2) is 14.4. The number of anilines is 2. The Morgan fingerprint density at radius 2 is 1.66 bits per heavy atom. The quantitative estimate of drug-likeness (QED) is 0.300. The third-order valence-electron chi connectivity index (χ3n) is 7.20. The van der Waals surface area contributed by atoms with E-state index < -0.39 is 12.0 Å². The summed E-state index contributed by atoms with van der Waals surface area (Å²) in [6.07, 6.45) is 0.862. The van der Waals surface area contributed by atoms with Crippen molar-refractivity contribution in [1.29, 1.82) is 0 Å². The molecule has 220 valence electrons. The first kappa shape index (κ1) is 30.4. The van der Waals surface area contributed by atoms with Crippen molar-refractivity contribution < 1.29 is 23.9 Å². The Morgan fingerprint density at radius 1 is 0.976 bits per heavy atom. The highest BCUT2D eigenvalue weighted by molar-refractivity contribution is 7.80. The lowest BCUT2D eigenvalue weighted by molar-refractivity contribution is -0.124. The van der Waals surface area contributed by atoms with Crippen molar-refractivity contribution in [2.75, 3.05) is 69.7 Å². The van der Waals surface area contributed by atoms with Gasteiger partial charge in [0.25, 0.3) is 5.91 Å². The number of benzene rings is 2. The van der Waals surface area contributed by atoms with Gasteiger partial charge < -0.3 is 24.6 Å². The molecule has 10 nitrogen and oxygen atoms in total. The number of carbonyl (C=O) groups excluding carboxylic acids is 3. The Labute approximate surface area is 247 Å². The minimum atomic E-state index is -0.744. The van der Waals surface area contributed by atoms with Crippen LogP contribution in [0.15, 0.2) is 48.5 Å². The molecule has 0 aliphatic carbocycles. The molecule has 1 N–H and O–H groups in total. The summed E-state index contributed by atoms with van der Waals surface area (Å²) in [7, 11) is 2.11. The predicted octanol–water partition coefficient (Wildman–Crippen LogP) is 3.23. The van der Waals surface area contributed by atoms with E-state index in [0.717, 1.165) is 44.9 Å². The molecule has 41 heavy (non-hydrogen) atoms. The second-order valence-corrected chi connectivity index (χ2v) is 10.6. The fraction of sp³-hybridized carbons (Fsp3) is 0.467. The van der Waals surface area contributed by atoms with Crippen LogP contribution in [-0.4, -0.2) is 103 Å². The van der Waals surface area contributed by atoms with Crippen molar-refractivity contribution in [3.05, 3.63) is 54.1 Å². The van der Waals surface area contributed by atoms with Crippen LogP contribution in [-0.2, 0) is 14.3 Å². The van der Waals surface area contributed by atoms with Gasteiger partial charge >= 0.3 is 5.97 Å². The first-order valence-electron chi connectivity index (χ1n) is 14.2. The van der Waals surface area contributed by atoms with Crippen LogP contribution in [0.3, 0.4) is 0 Å². The van der Waals surface area contributed by atoms with Crippen LogP contribution >= 0.6 is 12.2 Å². The minimum Gasteiger partial charge on any atom is -0.494 e. The number of amides is 2. The van der Waals surface area contributed by atoms with Gasteiger partial charge in [-0.3, -0.25) is 19.4 Å². The van der Waals surface area contributed by atoms with E-state index in [0.29, 0.717) is 35.2 Å². The number of likely N-dealkylation sites (N-methyl/N-ethyl adjacent to an activating group) is 1. The third-order valence-corrected chi connectivity index (χ3v) is 7.62. The number of nitrogens with zero attached hydrogens (tertiary/aromatic N) is 4. The van der Waals surface area contributed by atoms with Gasteiger partial charge in [0, 0.05) is 45.0 Å². The number of ether oxygens (including phenoxy) is 2. The second-order valence-electron chi connectivity index (χ2n) is 10.2. The SMILES string of the molecule is CCCOc1ccc(NC(=O)C[C@@H]2C(=O)N(c3ccc(C(=O)OCC)cc3)C(=S)N2CCN2CCN(C)CC2)cc1. The number of rotatable bonds is 12. The van der Waals surface area contributed by atoms with Gasteiger partial charge in [-0.2, -0.15) is 0 Å². The van der Waals surface area contributed by atoms with Crippen LogP contribution in [0.1, 0.15) is 37.0 Å². The lowest BCUT2D eigenvalue weighted by Crippen LogP contribution is -2.48. The van der Waals surface area contributed by atoms with Gasteiger partial charge in [0.15, 0.2) is 5.11 Å². The highest BCUT2D eigenvalue weighted by Gasteiger charge is 2.44. The van der Waals surface area contributed by atoms with Crippen LogP contribution in [0.5, 0.6) is 5.75 Å². The van der Waals surface area contributed by atoms with E-state index in [9.17, 15) is 14.4 Å². The molecule has 2 aliphatic heterocycles. The maximum atomic E-state index is 13.8. The summed E-state index contributed by atoms with van der Waals surface area (Å²) in [5, 5.41) is 3.25. The summed E-state index contributed by atoms with van der Waals surface area (Å²) in [6.45, 7) is 9.78. The Balaban J connectivity index is 1.48. The summed E-state index contributed by atoms with van der Waals surface area (Å²) in [5.74, 6) is -0.239. The largest absolute Gasteiger partial charge is 0.494 e. The predicted molar refractivity (Wildman–Crippen MR) is 162 cm³/mol. The summed E-state index contributed by atoms with van der Waals surface area (Å²) in [5.41, 5.74) is 1.56. The topological polar surface area (TPSA) is 94.7 Å². The van der Waals surface area contributed by atoms with E-state index in [1.54, 1.807) is 43.3 Å². The molecule has 2 amide bonds. The smallest absolute Gasteiger partial charge is 0.338 e. The molecule has 4 rings (SSSR count). The van der Waals surface area contributed by atoms with Crippen molar-refractivity contribution in [3.8, 4) is 5.75 Å². The fourth-order valence-corrected chi connectivity index (χ4v) is 5.26. The zero-order valence-corrected chi connectivity index (χ0v) is 24.8. The number of esters is 1. The fourth-order valence-electron chi connectivity index (χ4n) is 4.85. The molecule has 2 aromatic rings. The van der Waals surface area contributed by atoms with Crippen LogP contribution < -0.4 is 15.0 Å². The van der Waals surface area contributed by atoms with E-state index in [-0.39, 0.29) is 24.8 Å². The number of piperazine rings is 1. The van der Waals surface area contributed by atoms with Crippen molar-refractivity contribution >= 4 is 46.5 Å². The molecule has 0 unspecified atom stereocenters. The van der Waals surface area contributed by atoms with E-state index in [4.69, 9.17) is 21.7 Å². The molecule has 2 saturated heterocycles. The van der Waals surface area contributed by atoms with Crippen LogP contribution in [0.25, 0.3) is 0 Å². The summed E-state index contributed by atoms with van der Waals surface area (Å²) in [6, 6.07) is 13.0. The molecule has 2 fully saturated rings. The number of thiocarbonyl (C=S) groups is 1. The van der Waals surface area contributed by atoms with E-state index >= 15 is 0 Å². The van der Waals surface area contributed by atoms with Gasteiger partial charge in [-0.25, -0.2) is 4.79 Å². The normalized spacial score (nSPS) is 18.1. The molecule has 2 aliphatic rings. The molecular weight excluding hydrogens is 542 g/mol. The molecule has 0 saturated carbocycles. The first-order valence-corrected chi connectivity index (χ1v) is 14.6. The van der Waals surface area contributed by atoms with Crippen LogP contribution in [0.4, 0.5) is 11.4 Å². The lowest BCUT2D eigenvalue weighted by Gasteiger charge is -2.34. The van der Waals surface area contributed by atoms with Gasteiger partial charge in [0.1, 0.15) is 11.8 Å². The number of nitrogens with one attached hydrogen (secondary N) is 1. The number of hydrogen-bond acceptors (Lipinski definition) is 8. The van der Waals surface area contributed by atoms with Gasteiger partial charge in [-0.15, -0.1) is 0 Å². The monoisotopic (exact) mass is 581 g/mol. The molecular formula is C30H39N5O5S. The molecule has 0 aromatic heterocycles. The zero-order valence-electron chi connectivity index (χ0n) is 24.0. The molecule has 11 heteroatoms. The Hall–Kier alpha value is -3.54. The van der Waals surface area contributed by atoms with Crippen molar-refractivity contribution in [3.63, 3.8) is 0 Å². The number of carbonyl (C=O) groups is 3. The van der Waals surface area contributed by atoms with E-state index in [1.807, 2.05) is 24.0 Å². The minimum absolute atomic E-state index is 0.0484. The molecule has 2 aromatic carbocycles. The maximum Gasteiger partial charge on any atom is 0.338 e. The highest BCUT2D eigenvalue weighted by atomic mass is 32.1. The summed E-state index contributed by atoms with van der Waals surface area (Å²) in [4.78, 5) is 47.0. The summed E-state index contributed by atoms with van der Waals surface area (Å²) < 4.78 is 10.7. The Kier molecular flexibility index (Phi) is 10.7. The van der Waals surface area contributed by atoms with Crippen molar-refractivity contribution in [1.82, 2.24) is 14.7 Å². The van der Waals surface area contributed by atoms with Crippen LogP contribution in [0.2, 0.25) is 0 Å². The average molecular weight is 582 g/mol. The Bertz CT molecular complexity index is 1210. The number of hydrogen-bond donors (Lipinski definition) is 1. The molecule has 0 bridgehead atoms. The molecule has 0 radical (unpaired) electrons. The highest BCUT2D eigenvalue weighted by Crippen LogP contribution is 2.28. The van der Waals surface area contributed by atoms with Crippen molar-refractivity contribution in [2.24, 2.45) is 0 Å². The van der Waals surface area contributed by atoms with E-state index in [1.165, 1.54) is 4.90 Å². The summed E-state index contributed by atoms with van der Waals surface area (Å²) >= 11 is 5.81. The van der Waals surface area contributed by atoms with Crippen molar-refractivity contribution in [2.45, 2.75) is 32.7 Å². The molecule has 2 heterocycles. The standard InChI is InChI=1S/C30H39N5O5S/c1-4-20-40-25-12-8-23(9-13-25)31-27(36)21-26-28(37)35(24-10-6-22(7-11-24)29(38)39-5-2)30(41)34(26)19-18-33-16-14-32(3)15-17-33/h6-13,26H,4-5,14-21H2,1-3H3,(H,31,36)/t26-/m1/s1. The van der Waals surface area contributed by atoms with Gasteiger partial charge in [0.2, 0.25) is 5.91 Å². The lowest BCUT2D eigenvalue weighted by atomic mass is 10.1. The van der Waals surface area contributed by atoms with Gasteiger partial charge in [-0.05, 0) is 81.1 Å². The first-order chi connectivity index (χ1) is 19.8. The van der Waals surface area contributed by atoms with Crippen LogP contribution in [0, 0.1) is 0 Å². The average Bonchev–Trinajstić information content (AvgIpc) is 3.20. The maximum absolute atomic E-state index is 13.8. The Morgan fingerprint density at radius 3 is 2.29 bits per heavy atom. The molecule has 1 atom stereocenters. The van der Waals surface area contributed by atoms with E-state index in [2.05, 4.69) is 22.2 Å². The zero-order chi connectivity index (χ0) is 29.4. The van der Waals surface area contributed by atoms with Gasteiger partial charge in [0.05, 0.1) is 30.9 Å². The van der Waals surface area contributed by atoms with Gasteiger partial charge in [-0.1, -0.05) is 6.92 Å².